The van der Waals surface area contributed by atoms with Crippen molar-refractivity contribution in [2.24, 2.45) is 0 Å². The van der Waals surface area contributed by atoms with E-state index in [1.165, 1.54) is 41.6 Å². The van der Waals surface area contributed by atoms with Gasteiger partial charge in [-0.3, -0.25) is 0 Å². The molecule has 0 unspecified atom stereocenters. The summed E-state index contributed by atoms with van der Waals surface area (Å²) in [5, 5.41) is 3.32. The fraction of sp³-hybridized carbons (Fsp3) is 0.650. The molecule has 1 aliphatic carbocycles. The third-order valence-corrected chi connectivity index (χ3v) is 13.4. The fourth-order valence-corrected chi connectivity index (χ4v) is 10.4. The van der Waals surface area contributed by atoms with Crippen molar-refractivity contribution in [1.29, 1.82) is 0 Å². The Kier molecular flexibility index (Phi) is 5.56. The zero-order valence-corrected chi connectivity index (χ0v) is 16.8. The van der Waals surface area contributed by atoms with E-state index in [1.807, 2.05) is 0 Å². The minimum atomic E-state index is -1.56. The van der Waals surface area contributed by atoms with Gasteiger partial charge in [-0.25, -0.2) is 0 Å². The monoisotopic (exact) mass is 335 g/mol. The second-order valence-corrected chi connectivity index (χ2v) is 13.1. The quantitative estimate of drug-likeness (QED) is 0.704. The summed E-state index contributed by atoms with van der Waals surface area (Å²) in [6.07, 6.45) is 7.08. The Morgan fingerprint density at radius 3 is 1.87 bits per heavy atom. The van der Waals surface area contributed by atoms with Crippen LogP contribution in [-0.2, 0) is 4.79 Å². The summed E-state index contributed by atoms with van der Waals surface area (Å²) in [5.41, 5.74) is 4.66. The third-order valence-electron chi connectivity index (χ3n) is 6.60. The molecule has 0 radical (unpaired) electrons. The molecule has 1 N–H and O–H groups in total. The van der Waals surface area contributed by atoms with Gasteiger partial charge in [0.25, 0.3) is 0 Å². The van der Waals surface area contributed by atoms with Gasteiger partial charge in [0.15, 0.2) is 0 Å². The van der Waals surface area contributed by atoms with Crippen molar-refractivity contribution in [2.75, 3.05) is 23.8 Å². The van der Waals surface area contributed by atoms with Crippen molar-refractivity contribution in [2.45, 2.75) is 66.0 Å². The number of aryl methyl sites for hydroxylation is 3. The zero-order chi connectivity index (χ0) is 17.3. The van der Waals surface area contributed by atoms with Crippen LogP contribution in [0.4, 0.5) is 5.69 Å². The normalized spacial score (nSPS) is 17.5. The van der Waals surface area contributed by atoms with E-state index in [-0.39, 0.29) is 5.16 Å². The van der Waals surface area contributed by atoms with E-state index in [1.54, 1.807) is 0 Å². The molecule has 23 heavy (non-hydrogen) atoms. The van der Waals surface area contributed by atoms with E-state index < -0.39 is 7.26 Å². The molecule has 1 aromatic carbocycles. The first kappa shape index (κ1) is 18.5. The molecule has 1 amide bonds. The van der Waals surface area contributed by atoms with Gasteiger partial charge in [0.1, 0.15) is 0 Å². The topological polar surface area (TPSA) is 29.1 Å². The van der Waals surface area contributed by atoms with Crippen molar-refractivity contribution in [1.82, 2.24) is 0 Å². The van der Waals surface area contributed by atoms with Crippen molar-refractivity contribution in [3.05, 3.63) is 28.8 Å². The molecule has 0 heterocycles. The average molecular weight is 335 g/mol. The van der Waals surface area contributed by atoms with Gasteiger partial charge in [-0.05, 0) is 0 Å². The standard InChI is InChI=1S/C20H34NOP/c1-7-23(8-2,9-3)20(11-10-12-20)19(22)21-18-16(5)13-15(4)14-17(18)6/h13-14,23H,7-12H2,1-6H3,(H,21,22). The van der Waals surface area contributed by atoms with Crippen LogP contribution in [0, 0.1) is 20.8 Å². The van der Waals surface area contributed by atoms with E-state index >= 15 is 0 Å². The SMILES string of the molecule is CC[PH](CC)(CC)C1(C(=O)Nc2c(C)cc(C)cc2C)CCC1. The summed E-state index contributed by atoms with van der Waals surface area (Å²) in [6.45, 7) is 13.3. The summed E-state index contributed by atoms with van der Waals surface area (Å²) in [4.78, 5) is 13.4. The number of hydrogen-bond acceptors (Lipinski definition) is 1. The van der Waals surface area contributed by atoms with Crippen LogP contribution in [0.1, 0.15) is 56.7 Å². The molecule has 1 fully saturated rings. The summed E-state index contributed by atoms with van der Waals surface area (Å²) < 4.78 is 0. The van der Waals surface area contributed by atoms with Crippen molar-refractivity contribution in [3.8, 4) is 0 Å². The van der Waals surface area contributed by atoms with Crippen LogP contribution in [0.5, 0.6) is 0 Å². The Bertz CT molecular complexity index is 554. The van der Waals surface area contributed by atoms with Gasteiger partial charge in [0, 0.05) is 0 Å². The van der Waals surface area contributed by atoms with Crippen LogP contribution in [0.25, 0.3) is 0 Å². The number of amides is 1. The first-order chi connectivity index (χ1) is 10.9. The summed E-state index contributed by atoms with van der Waals surface area (Å²) in [7, 11) is -1.56. The molecule has 0 saturated heterocycles. The first-order valence-electron chi connectivity index (χ1n) is 9.25. The van der Waals surface area contributed by atoms with E-state index in [2.05, 4.69) is 59.0 Å². The van der Waals surface area contributed by atoms with Crippen LogP contribution in [0.15, 0.2) is 12.1 Å². The molecule has 2 nitrogen and oxygen atoms in total. The van der Waals surface area contributed by atoms with Gasteiger partial charge < -0.3 is 0 Å². The number of anilines is 1. The van der Waals surface area contributed by atoms with Gasteiger partial charge in [-0.15, -0.1) is 0 Å². The molecule has 0 aromatic heterocycles. The molecule has 0 bridgehead atoms. The number of nitrogens with one attached hydrogen (secondary N) is 1. The molecular formula is C20H34NOP. The molecule has 3 heteroatoms. The molecule has 1 aromatic rings. The second kappa shape index (κ2) is 6.93. The summed E-state index contributed by atoms with van der Waals surface area (Å²) >= 11 is 0. The Morgan fingerprint density at radius 2 is 1.52 bits per heavy atom. The molecule has 0 aliphatic heterocycles. The van der Waals surface area contributed by atoms with E-state index in [0.29, 0.717) is 5.91 Å². The summed E-state index contributed by atoms with van der Waals surface area (Å²) in [5.74, 6) is 0.316. The van der Waals surface area contributed by atoms with Crippen LogP contribution in [0.2, 0.25) is 0 Å². The van der Waals surface area contributed by atoms with Gasteiger partial charge in [-0.1, -0.05) is 0 Å². The average Bonchev–Trinajstić information content (AvgIpc) is 2.46. The predicted molar refractivity (Wildman–Crippen MR) is 106 cm³/mol. The minimum absolute atomic E-state index is 0.0327. The first-order valence-corrected chi connectivity index (χ1v) is 11.9. The van der Waals surface area contributed by atoms with E-state index in [9.17, 15) is 4.79 Å². The van der Waals surface area contributed by atoms with Gasteiger partial charge in [0.05, 0.1) is 0 Å². The van der Waals surface area contributed by atoms with Gasteiger partial charge in [0.2, 0.25) is 0 Å². The Balaban J connectivity index is 2.35. The number of benzene rings is 1. The van der Waals surface area contributed by atoms with Gasteiger partial charge in [-0.2, -0.15) is 0 Å². The maximum absolute atomic E-state index is 13.4. The Labute approximate surface area is 142 Å². The predicted octanol–water partition coefficient (Wildman–Crippen LogP) is 5.28. The van der Waals surface area contributed by atoms with E-state index in [0.717, 1.165) is 18.5 Å². The third kappa shape index (κ3) is 2.95. The van der Waals surface area contributed by atoms with Crippen LogP contribution >= 0.6 is 7.26 Å². The number of carbonyl (C=O) groups is 1. The molecule has 0 spiro atoms. The molecule has 0 atom stereocenters. The second-order valence-electron chi connectivity index (χ2n) is 7.50. The molecule has 1 aliphatic rings. The molecule has 2 rings (SSSR count). The summed E-state index contributed by atoms with van der Waals surface area (Å²) in [6, 6.07) is 4.33. The van der Waals surface area contributed by atoms with Crippen molar-refractivity contribution < 1.29 is 4.79 Å². The van der Waals surface area contributed by atoms with Crippen LogP contribution in [0.3, 0.4) is 0 Å². The van der Waals surface area contributed by atoms with Crippen LogP contribution < -0.4 is 5.32 Å². The molecule has 1 saturated carbocycles. The van der Waals surface area contributed by atoms with Crippen LogP contribution in [-0.4, -0.2) is 29.5 Å². The van der Waals surface area contributed by atoms with Crippen molar-refractivity contribution >= 4 is 18.9 Å². The maximum atomic E-state index is 13.4. The van der Waals surface area contributed by atoms with Crippen molar-refractivity contribution in [3.63, 3.8) is 0 Å². The number of hydrogen-bond donors (Lipinski definition) is 1. The van der Waals surface area contributed by atoms with E-state index in [4.69, 9.17) is 0 Å². The number of rotatable bonds is 6. The number of carbonyl (C=O) groups excluding carboxylic acids is 1. The fourth-order valence-electron chi connectivity index (χ4n) is 4.90. The Morgan fingerprint density at radius 1 is 1.04 bits per heavy atom. The Hall–Kier alpha value is -0.880. The molecular weight excluding hydrogens is 301 g/mol. The van der Waals surface area contributed by atoms with Gasteiger partial charge >= 0.3 is 142 Å². The molecule has 130 valence electrons. The zero-order valence-electron chi connectivity index (χ0n) is 15.8.